The average molecular weight is 393 g/mol. The van der Waals surface area contributed by atoms with E-state index in [-0.39, 0.29) is 5.41 Å². The number of methoxy groups -OCH3 is 1. The fourth-order valence-corrected chi connectivity index (χ4v) is 3.46. The summed E-state index contributed by atoms with van der Waals surface area (Å²) in [5, 5.41) is 0. The van der Waals surface area contributed by atoms with Gasteiger partial charge in [-0.05, 0) is 31.0 Å². The third kappa shape index (κ3) is 7.87. The third-order valence-corrected chi connectivity index (χ3v) is 5.52. The summed E-state index contributed by atoms with van der Waals surface area (Å²) in [5.41, 5.74) is 3.89. The number of hydrogen-bond acceptors (Lipinski definition) is 3. The molecule has 3 nitrogen and oxygen atoms in total. The van der Waals surface area contributed by atoms with E-state index < -0.39 is 0 Å². The number of fused-ring (bicyclic) bond motifs is 1. The monoisotopic (exact) mass is 392 g/mol. The van der Waals surface area contributed by atoms with E-state index in [1.807, 2.05) is 18.7 Å². The van der Waals surface area contributed by atoms with Gasteiger partial charge in [0.05, 0.1) is 11.0 Å². The van der Waals surface area contributed by atoms with Gasteiger partial charge in [-0.3, -0.25) is 0 Å². The van der Waals surface area contributed by atoms with Crippen LogP contribution in [0, 0.1) is 0 Å². The number of aryl methyl sites for hydroxylation is 1. The van der Waals surface area contributed by atoms with Crippen molar-refractivity contribution in [1.82, 2.24) is 9.55 Å². The minimum absolute atomic E-state index is 0.0765. The van der Waals surface area contributed by atoms with Gasteiger partial charge in [-0.2, -0.15) is 11.8 Å². The highest BCUT2D eigenvalue weighted by molar-refractivity contribution is 7.99. The van der Waals surface area contributed by atoms with Crippen LogP contribution in [0.3, 0.4) is 0 Å². The molecule has 27 heavy (non-hydrogen) atoms. The first-order valence-corrected chi connectivity index (χ1v) is 11.1. The van der Waals surface area contributed by atoms with Crippen LogP contribution in [0.2, 0.25) is 0 Å². The highest BCUT2D eigenvalue weighted by atomic mass is 32.2. The SMILES string of the molecule is CCCCn1c(C(C)(C)C)nc2cc(CSC(C)(C)C)ccc21.CCOC. The van der Waals surface area contributed by atoms with Crippen molar-refractivity contribution in [2.24, 2.45) is 0 Å². The average Bonchev–Trinajstić information content (AvgIpc) is 2.96. The molecule has 0 unspecified atom stereocenters. The molecule has 0 amide bonds. The summed E-state index contributed by atoms with van der Waals surface area (Å²) in [4.78, 5) is 5.00. The number of benzene rings is 1. The maximum atomic E-state index is 5.00. The lowest BCUT2D eigenvalue weighted by molar-refractivity contribution is 0.215. The smallest absolute Gasteiger partial charge is 0.115 e. The van der Waals surface area contributed by atoms with Crippen LogP contribution >= 0.6 is 11.8 Å². The van der Waals surface area contributed by atoms with Crippen LogP contribution in [0.1, 0.15) is 79.6 Å². The molecule has 0 aliphatic carbocycles. The predicted molar refractivity (Wildman–Crippen MR) is 122 cm³/mol. The van der Waals surface area contributed by atoms with Crippen LogP contribution in [-0.2, 0) is 22.4 Å². The second-order valence-electron chi connectivity index (χ2n) is 8.99. The Hall–Kier alpha value is -1.00. The Bertz CT molecular complexity index is 691. The molecule has 2 aromatic rings. The van der Waals surface area contributed by atoms with Gasteiger partial charge in [-0.1, -0.05) is 61.0 Å². The lowest BCUT2D eigenvalue weighted by Crippen LogP contribution is -2.19. The first-order valence-electron chi connectivity index (χ1n) is 10.2. The highest BCUT2D eigenvalue weighted by Crippen LogP contribution is 2.30. The molecule has 0 aliphatic heterocycles. The molecule has 0 saturated carbocycles. The Balaban J connectivity index is 0.000000828. The van der Waals surface area contributed by atoms with Gasteiger partial charge in [0.2, 0.25) is 0 Å². The molecular formula is C23H40N2OS. The zero-order valence-electron chi connectivity index (χ0n) is 19.0. The molecule has 0 aliphatic rings. The van der Waals surface area contributed by atoms with Gasteiger partial charge in [-0.15, -0.1) is 0 Å². The van der Waals surface area contributed by atoms with E-state index in [1.165, 1.54) is 29.7 Å². The van der Waals surface area contributed by atoms with E-state index >= 15 is 0 Å². The van der Waals surface area contributed by atoms with Gasteiger partial charge in [0.1, 0.15) is 5.82 Å². The van der Waals surface area contributed by atoms with E-state index in [1.54, 1.807) is 7.11 Å². The standard InChI is InChI=1S/C20H32N2S.C3H8O/c1-8-9-12-22-17-11-10-15(14-23-20(5,6)7)13-16(17)21-18(22)19(2,3)4;1-3-4-2/h10-11,13H,8-9,12,14H2,1-7H3;3H2,1-2H3. The largest absolute Gasteiger partial charge is 0.385 e. The molecular weight excluding hydrogens is 352 g/mol. The minimum Gasteiger partial charge on any atom is -0.385 e. The molecule has 1 heterocycles. The number of nitrogens with zero attached hydrogens (tertiary/aromatic N) is 2. The van der Waals surface area contributed by atoms with Gasteiger partial charge in [-0.25, -0.2) is 4.98 Å². The van der Waals surface area contributed by atoms with Gasteiger partial charge in [0, 0.05) is 36.2 Å². The normalized spacial score (nSPS) is 12.2. The fraction of sp³-hybridized carbons (Fsp3) is 0.696. The van der Waals surface area contributed by atoms with Crippen molar-refractivity contribution in [2.45, 2.75) is 90.7 Å². The third-order valence-electron chi connectivity index (χ3n) is 4.18. The van der Waals surface area contributed by atoms with Crippen LogP contribution in [0.15, 0.2) is 18.2 Å². The van der Waals surface area contributed by atoms with Crippen LogP contribution in [0.25, 0.3) is 11.0 Å². The first kappa shape index (κ1) is 24.0. The van der Waals surface area contributed by atoms with Gasteiger partial charge < -0.3 is 9.30 Å². The number of unbranched alkanes of at least 4 members (excludes halogenated alkanes) is 1. The maximum Gasteiger partial charge on any atom is 0.115 e. The molecule has 2 rings (SSSR count). The van der Waals surface area contributed by atoms with Crippen LogP contribution in [0.4, 0.5) is 0 Å². The maximum absolute atomic E-state index is 5.00. The number of imidazole rings is 1. The van der Waals surface area contributed by atoms with E-state index in [0.29, 0.717) is 4.75 Å². The summed E-state index contributed by atoms with van der Waals surface area (Å²) in [5.74, 6) is 2.26. The van der Waals surface area contributed by atoms with Gasteiger partial charge in [0.15, 0.2) is 0 Å². The fourth-order valence-electron chi connectivity index (χ4n) is 2.68. The van der Waals surface area contributed by atoms with Crippen LogP contribution in [0.5, 0.6) is 0 Å². The molecule has 0 radical (unpaired) electrons. The molecule has 0 fully saturated rings. The van der Waals surface area contributed by atoms with Crippen molar-refractivity contribution >= 4 is 22.8 Å². The van der Waals surface area contributed by atoms with Crippen LogP contribution in [-0.4, -0.2) is 28.0 Å². The Morgan fingerprint density at radius 2 is 1.70 bits per heavy atom. The molecule has 4 heteroatoms. The summed E-state index contributed by atoms with van der Waals surface area (Å²) in [6.45, 7) is 19.7. The molecule has 154 valence electrons. The van der Waals surface area contributed by atoms with Crippen molar-refractivity contribution in [3.8, 4) is 0 Å². The summed E-state index contributed by atoms with van der Waals surface area (Å²) in [6.07, 6.45) is 2.42. The molecule has 1 aromatic heterocycles. The Kier molecular flexibility index (Phi) is 9.36. The zero-order valence-corrected chi connectivity index (χ0v) is 19.8. The van der Waals surface area contributed by atoms with Gasteiger partial charge in [0.25, 0.3) is 0 Å². The highest BCUT2D eigenvalue weighted by Gasteiger charge is 2.22. The second kappa shape index (κ2) is 10.5. The van der Waals surface area contributed by atoms with Crippen molar-refractivity contribution < 1.29 is 4.74 Å². The first-order chi connectivity index (χ1) is 12.5. The van der Waals surface area contributed by atoms with Crippen molar-refractivity contribution in [1.29, 1.82) is 0 Å². The summed E-state index contributed by atoms with van der Waals surface area (Å²) in [7, 11) is 1.68. The zero-order chi connectivity index (χ0) is 20.7. The van der Waals surface area contributed by atoms with E-state index in [0.717, 1.165) is 24.4 Å². The topological polar surface area (TPSA) is 27.1 Å². The minimum atomic E-state index is 0.0765. The second-order valence-corrected chi connectivity index (χ2v) is 10.8. The molecule has 0 atom stereocenters. The molecule has 0 bridgehead atoms. The number of ether oxygens (including phenoxy) is 1. The van der Waals surface area contributed by atoms with E-state index in [2.05, 4.69) is 76.0 Å². The number of aromatic nitrogens is 2. The number of thioether (sulfide) groups is 1. The summed E-state index contributed by atoms with van der Waals surface area (Å²) >= 11 is 1.99. The summed E-state index contributed by atoms with van der Waals surface area (Å²) in [6, 6.07) is 6.83. The predicted octanol–water partition coefficient (Wildman–Crippen LogP) is 6.82. The van der Waals surface area contributed by atoms with E-state index in [9.17, 15) is 0 Å². The molecule has 1 aromatic carbocycles. The number of rotatable bonds is 6. The Morgan fingerprint density at radius 3 is 2.19 bits per heavy atom. The lowest BCUT2D eigenvalue weighted by atomic mass is 9.95. The van der Waals surface area contributed by atoms with Crippen molar-refractivity contribution in [2.75, 3.05) is 13.7 Å². The van der Waals surface area contributed by atoms with E-state index in [4.69, 9.17) is 4.98 Å². The number of hydrogen-bond donors (Lipinski definition) is 0. The quantitative estimate of drug-likeness (QED) is 0.540. The van der Waals surface area contributed by atoms with Gasteiger partial charge >= 0.3 is 0 Å². The van der Waals surface area contributed by atoms with Crippen molar-refractivity contribution in [3.05, 3.63) is 29.6 Å². The molecule has 0 saturated heterocycles. The van der Waals surface area contributed by atoms with Crippen LogP contribution < -0.4 is 0 Å². The molecule has 0 spiro atoms. The Labute approximate surface area is 171 Å². The molecule has 0 N–H and O–H groups in total. The lowest BCUT2D eigenvalue weighted by Gasteiger charge is -2.20. The Morgan fingerprint density at radius 1 is 1.07 bits per heavy atom. The van der Waals surface area contributed by atoms with Crippen molar-refractivity contribution in [3.63, 3.8) is 0 Å². The summed E-state index contributed by atoms with van der Waals surface area (Å²) < 4.78 is 7.27.